The molecule has 0 spiro atoms. The number of aliphatic hydroxyl groups excluding tert-OH is 1. The summed E-state index contributed by atoms with van der Waals surface area (Å²) >= 11 is 7.34. The van der Waals surface area contributed by atoms with E-state index in [2.05, 4.69) is 4.98 Å². The van der Waals surface area contributed by atoms with Crippen LogP contribution in [0.3, 0.4) is 0 Å². The number of hydrogen-bond donors (Lipinski definition) is 1. The molecule has 1 aliphatic rings. The fourth-order valence-corrected chi connectivity index (χ4v) is 4.52. The largest absolute Gasteiger partial charge is 0.503 e. The number of ketones is 1. The zero-order valence-electron chi connectivity index (χ0n) is 15.9. The van der Waals surface area contributed by atoms with Crippen LogP contribution >= 0.6 is 22.9 Å². The van der Waals surface area contributed by atoms with Gasteiger partial charge in [-0.05, 0) is 51.1 Å². The first-order valence-electron chi connectivity index (χ1n) is 8.85. The van der Waals surface area contributed by atoms with Crippen molar-refractivity contribution in [3.05, 3.63) is 79.9 Å². The molecule has 8 heteroatoms. The number of aliphatic hydroxyl groups is 1. The van der Waals surface area contributed by atoms with E-state index < -0.39 is 23.5 Å². The third-order valence-electron chi connectivity index (χ3n) is 4.68. The van der Waals surface area contributed by atoms with Crippen molar-refractivity contribution in [1.82, 2.24) is 4.98 Å². The van der Waals surface area contributed by atoms with Crippen LogP contribution in [0.1, 0.15) is 37.9 Å². The van der Waals surface area contributed by atoms with E-state index in [9.17, 15) is 14.7 Å². The number of benzene rings is 1. The molecule has 0 bridgehead atoms. The van der Waals surface area contributed by atoms with Crippen LogP contribution in [0.25, 0.3) is 0 Å². The lowest BCUT2D eigenvalue weighted by Crippen LogP contribution is -2.30. The van der Waals surface area contributed by atoms with Gasteiger partial charge in [0.25, 0.3) is 5.91 Å². The Kier molecular flexibility index (Phi) is 4.80. The monoisotopic (exact) mass is 428 g/mol. The highest BCUT2D eigenvalue weighted by Crippen LogP contribution is 2.43. The van der Waals surface area contributed by atoms with Gasteiger partial charge >= 0.3 is 0 Å². The van der Waals surface area contributed by atoms with Gasteiger partial charge in [0.2, 0.25) is 5.78 Å². The Morgan fingerprint density at radius 3 is 2.59 bits per heavy atom. The zero-order valence-corrected chi connectivity index (χ0v) is 17.5. The predicted octanol–water partition coefficient (Wildman–Crippen LogP) is 5.10. The van der Waals surface area contributed by atoms with Gasteiger partial charge in [0.1, 0.15) is 17.6 Å². The molecule has 2 aromatic heterocycles. The fourth-order valence-electron chi connectivity index (χ4n) is 3.46. The summed E-state index contributed by atoms with van der Waals surface area (Å²) in [7, 11) is 0. The Bertz CT molecular complexity index is 1180. The molecule has 6 nitrogen and oxygen atoms in total. The average Bonchev–Trinajstić information content (AvgIpc) is 3.31. The number of nitrogens with zero attached hydrogens (tertiary/aromatic N) is 2. The average molecular weight is 429 g/mol. The highest BCUT2D eigenvalue weighted by Gasteiger charge is 2.46. The van der Waals surface area contributed by atoms with Crippen LogP contribution in [0.2, 0.25) is 5.02 Å². The Morgan fingerprint density at radius 1 is 1.24 bits per heavy atom. The molecule has 148 valence electrons. The van der Waals surface area contributed by atoms with Crippen molar-refractivity contribution >= 4 is 40.3 Å². The van der Waals surface area contributed by atoms with Crippen molar-refractivity contribution in [2.75, 3.05) is 4.90 Å². The van der Waals surface area contributed by atoms with E-state index in [-0.39, 0.29) is 5.57 Å². The third-order valence-corrected chi connectivity index (χ3v) is 5.99. The Hall–Kier alpha value is -2.90. The topological polar surface area (TPSA) is 83.6 Å². The number of thiazole rings is 1. The number of hydrogen-bond acceptors (Lipinski definition) is 6. The number of halogens is 1. The standard InChI is InChI=1S/C21H17ClN2O4S/c1-10-7-8-15(28-10)17-16(18(25)20-11(2)23-12(3)29-20)19(26)21(27)24(17)14-6-4-5-13(22)9-14/h4-9,17,26H,1-3H3. The van der Waals surface area contributed by atoms with E-state index >= 15 is 0 Å². The van der Waals surface area contributed by atoms with Crippen molar-refractivity contribution < 1.29 is 19.1 Å². The summed E-state index contributed by atoms with van der Waals surface area (Å²) in [4.78, 5) is 32.4. The summed E-state index contributed by atoms with van der Waals surface area (Å²) in [6, 6.07) is 9.20. The molecular weight excluding hydrogens is 412 g/mol. The van der Waals surface area contributed by atoms with E-state index in [1.165, 1.54) is 16.2 Å². The summed E-state index contributed by atoms with van der Waals surface area (Å²) in [6.07, 6.45) is 0. The van der Waals surface area contributed by atoms with Gasteiger partial charge in [-0.25, -0.2) is 4.98 Å². The number of amides is 1. The molecule has 29 heavy (non-hydrogen) atoms. The first kappa shape index (κ1) is 19.4. The molecule has 0 aliphatic carbocycles. The molecule has 0 saturated carbocycles. The third kappa shape index (κ3) is 3.26. The maximum absolute atomic E-state index is 13.4. The fraction of sp³-hybridized carbons (Fsp3) is 0.190. The van der Waals surface area contributed by atoms with E-state index in [1.54, 1.807) is 57.2 Å². The lowest BCUT2D eigenvalue weighted by atomic mass is 9.99. The Labute approximate surface area is 176 Å². The van der Waals surface area contributed by atoms with Gasteiger partial charge < -0.3 is 9.52 Å². The van der Waals surface area contributed by atoms with Crippen molar-refractivity contribution in [2.45, 2.75) is 26.8 Å². The first-order chi connectivity index (χ1) is 13.8. The van der Waals surface area contributed by atoms with E-state index in [1.807, 2.05) is 0 Å². The molecule has 0 radical (unpaired) electrons. The minimum atomic E-state index is -0.913. The summed E-state index contributed by atoms with van der Waals surface area (Å²) in [5.74, 6) is -0.723. The number of aryl methyl sites for hydroxylation is 3. The summed E-state index contributed by atoms with van der Waals surface area (Å²) in [5, 5.41) is 11.9. The quantitative estimate of drug-likeness (QED) is 0.584. The molecule has 1 unspecified atom stereocenters. The molecule has 4 rings (SSSR count). The second-order valence-electron chi connectivity index (χ2n) is 6.74. The lowest BCUT2D eigenvalue weighted by molar-refractivity contribution is -0.117. The van der Waals surface area contributed by atoms with Crippen LogP contribution in [-0.4, -0.2) is 21.8 Å². The maximum atomic E-state index is 13.4. The SMILES string of the molecule is Cc1ccc(C2C(C(=O)c3sc(C)nc3C)=C(O)C(=O)N2c2cccc(Cl)c2)o1. The lowest BCUT2D eigenvalue weighted by Gasteiger charge is -2.25. The van der Waals surface area contributed by atoms with Gasteiger partial charge in [0.15, 0.2) is 5.76 Å². The molecule has 0 fully saturated rings. The van der Waals surface area contributed by atoms with E-state index in [0.29, 0.717) is 32.8 Å². The predicted molar refractivity (Wildman–Crippen MR) is 111 cm³/mol. The van der Waals surface area contributed by atoms with Crippen LogP contribution in [0.4, 0.5) is 5.69 Å². The maximum Gasteiger partial charge on any atom is 0.294 e. The smallest absolute Gasteiger partial charge is 0.294 e. The highest BCUT2D eigenvalue weighted by atomic mass is 35.5. The molecule has 1 N–H and O–H groups in total. The van der Waals surface area contributed by atoms with Gasteiger partial charge in [-0.1, -0.05) is 17.7 Å². The van der Waals surface area contributed by atoms with Crippen LogP contribution in [0, 0.1) is 20.8 Å². The van der Waals surface area contributed by atoms with Gasteiger partial charge in [0.05, 0.1) is 21.2 Å². The normalized spacial score (nSPS) is 16.8. The van der Waals surface area contributed by atoms with Gasteiger partial charge in [0, 0.05) is 10.7 Å². The van der Waals surface area contributed by atoms with Crippen LogP contribution in [0.15, 0.2) is 52.1 Å². The summed E-state index contributed by atoms with van der Waals surface area (Å²) in [6.45, 7) is 5.30. The summed E-state index contributed by atoms with van der Waals surface area (Å²) in [5.41, 5.74) is 0.977. The number of anilines is 1. The van der Waals surface area contributed by atoms with Crippen molar-refractivity contribution in [2.24, 2.45) is 0 Å². The number of carbonyl (C=O) groups excluding carboxylic acids is 2. The van der Waals surface area contributed by atoms with Crippen LogP contribution in [-0.2, 0) is 4.79 Å². The number of Topliss-reactive ketones (excluding diaryl/α,β-unsaturated/α-hetero) is 1. The van der Waals surface area contributed by atoms with Crippen molar-refractivity contribution in [1.29, 1.82) is 0 Å². The highest BCUT2D eigenvalue weighted by molar-refractivity contribution is 7.14. The molecule has 1 amide bonds. The van der Waals surface area contributed by atoms with Gasteiger partial charge in [-0.2, -0.15) is 0 Å². The summed E-state index contributed by atoms with van der Waals surface area (Å²) < 4.78 is 5.76. The zero-order chi connectivity index (χ0) is 20.9. The van der Waals surface area contributed by atoms with E-state index in [0.717, 1.165) is 5.01 Å². The Morgan fingerprint density at radius 2 is 2.00 bits per heavy atom. The second-order valence-corrected chi connectivity index (χ2v) is 8.38. The molecule has 3 aromatic rings. The van der Waals surface area contributed by atoms with Crippen LogP contribution in [0.5, 0.6) is 0 Å². The van der Waals surface area contributed by atoms with Crippen molar-refractivity contribution in [3.8, 4) is 0 Å². The molecule has 1 aromatic carbocycles. The van der Waals surface area contributed by atoms with Gasteiger partial charge in [-0.15, -0.1) is 11.3 Å². The molecule has 1 atom stereocenters. The van der Waals surface area contributed by atoms with Crippen molar-refractivity contribution in [3.63, 3.8) is 0 Å². The number of aromatic nitrogens is 1. The molecule has 0 saturated heterocycles. The first-order valence-corrected chi connectivity index (χ1v) is 10.0. The number of carbonyl (C=O) groups is 2. The molecule has 1 aliphatic heterocycles. The second kappa shape index (κ2) is 7.17. The van der Waals surface area contributed by atoms with E-state index in [4.69, 9.17) is 16.0 Å². The molecular formula is C21H17ClN2O4S. The Balaban J connectivity index is 1.89. The van der Waals surface area contributed by atoms with Gasteiger partial charge in [-0.3, -0.25) is 14.5 Å². The number of furan rings is 1. The molecule has 3 heterocycles. The number of rotatable bonds is 4. The minimum Gasteiger partial charge on any atom is -0.503 e. The van der Waals surface area contributed by atoms with Crippen LogP contribution < -0.4 is 4.90 Å². The minimum absolute atomic E-state index is 0.0314.